The van der Waals surface area contributed by atoms with Crippen molar-refractivity contribution in [3.63, 3.8) is 0 Å². The van der Waals surface area contributed by atoms with E-state index in [1.165, 1.54) is 17.0 Å². The monoisotopic (exact) mass is 479 g/mol. The molecule has 2 amide bonds. The highest BCUT2D eigenvalue weighted by Crippen LogP contribution is 2.45. The van der Waals surface area contributed by atoms with E-state index >= 15 is 0 Å². The molecule has 2 N–H and O–H groups in total. The molecule has 170 valence electrons. The zero-order valence-corrected chi connectivity index (χ0v) is 19.1. The maximum atomic E-state index is 14.0. The van der Waals surface area contributed by atoms with Gasteiger partial charge in [0.1, 0.15) is 11.4 Å². The number of carbonyl (C=O) groups excluding carboxylic acids is 2. The standard InChI is InChI=1S/C23H24Cl2FN3O3/c1-28-20-5-3-15(26)13-17(20)23(32-22(28)31)7-10-29(11-8-23)9-6-16(21(27)30)14-2-4-18(24)19(25)12-14/h2-5,12-13,16H,6-11H2,1H3,(H2,27,30). The molecule has 1 unspecified atom stereocenters. The Morgan fingerprint density at radius 3 is 2.56 bits per heavy atom. The van der Waals surface area contributed by atoms with Crippen molar-refractivity contribution in [2.45, 2.75) is 30.8 Å². The smallest absolute Gasteiger partial charge is 0.414 e. The van der Waals surface area contributed by atoms with Crippen molar-refractivity contribution in [1.29, 1.82) is 0 Å². The summed E-state index contributed by atoms with van der Waals surface area (Å²) in [6.45, 7) is 1.91. The minimum absolute atomic E-state index is 0.358. The van der Waals surface area contributed by atoms with Crippen LogP contribution in [-0.2, 0) is 15.1 Å². The first-order chi connectivity index (χ1) is 15.2. The summed E-state index contributed by atoms with van der Waals surface area (Å²) in [7, 11) is 1.62. The lowest BCUT2D eigenvalue weighted by atomic mass is 9.81. The Kier molecular flexibility index (Phi) is 6.34. The average molecular weight is 480 g/mol. The van der Waals surface area contributed by atoms with Crippen LogP contribution in [0.15, 0.2) is 36.4 Å². The van der Waals surface area contributed by atoms with Crippen molar-refractivity contribution in [1.82, 2.24) is 4.90 Å². The van der Waals surface area contributed by atoms with Crippen molar-refractivity contribution in [3.05, 3.63) is 63.4 Å². The first-order valence-corrected chi connectivity index (χ1v) is 11.2. The summed E-state index contributed by atoms with van der Waals surface area (Å²) >= 11 is 12.1. The lowest BCUT2D eigenvalue weighted by molar-refractivity contribution is -0.119. The molecule has 1 fully saturated rings. The second kappa shape index (κ2) is 8.89. The molecule has 2 heterocycles. The van der Waals surface area contributed by atoms with Crippen LogP contribution in [0.2, 0.25) is 10.0 Å². The molecule has 1 spiro atoms. The van der Waals surface area contributed by atoms with E-state index in [9.17, 15) is 14.0 Å². The number of ether oxygens (including phenoxy) is 1. The summed E-state index contributed by atoms with van der Waals surface area (Å²) < 4.78 is 19.8. The molecule has 32 heavy (non-hydrogen) atoms. The molecule has 0 radical (unpaired) electrons. The van der Waals surface area contributed by atoms with Gasteiger partial charge >= 0.3 is 6.09 Å². The zero-order valence-electron chi connectivity index (χ0n) is 17.6. The SMILES string of the molecule is CN1C(=O)OC2(CCN(CCC(C(N)=O)c3ccc(Cl)c(Cl)c3)CC2)c2cc(F)ccc21. The molecule has 2 aromatic carbocycles. The van der Waals surface area contributed by atoms with Gasteiger partial charge in [0.05, 0.1) is 21.7 Å². The number of rotatable bonds is 5. The molecule has 2 aliphatic heterocycles. The number of fused-ring (bicyclic) bond motifs is 2. The lowest BCUT2D eigenvalue weighted by Crippen LogP contribution is -2.51. The molecular weight excluding hydrogens is 456 g/mol. The van der Waals surface area contributed by atoms with Crippen molar-refractivity contribution in [3.8, 4) is 0 Å². The minimum Gasteiger partial charge on any atom is -0.437 e. The van der Waals surface area contributed by atoms with Gasteiger partial charge in [0.15, 0.2) is 0 Å². The van der Waals surface area contributed by atoms with Gasteiger partial charge in [-0.15, -0.1) is 0 Å². The topological polar surface area (TPSA) is 75.9 Å². The van der Waals surface area contributed by atoms with Gasteiger partial charge < -0.3 is 15.4 Å². The van der Waals surface area contributed by atoms with E-state index in [0.717, 1.165) is 5.56 Å². The number of amides is 2. The first-order valence-electron chi connectivity index (χ1n) is 10.4. The van der Waals surface area contributed by atoms with Crippen molar-refractivity contribution in [2.75, 3.05) is 31.6 Å². The number of likely N-dealkylation sites (tertiary alicyclic amines) is 1. The number of piperidine rings is 1. The van der Waals surface area contributed by atoms with Gasteiger partial charge in [0.2, 0.25) is 5.91 Å². The summed E-state index contributed by atoms with van der Waals surface area (Å²) in [4.78, 5) is 28.1. The number of benzene rings is 2. The third-order valence-corrected chi connectivity index (χ3v) is 7.19. The Labute approximate surface area is 196 Å². The molecule has 0 aromatic heterocycles. The normalized spacial score (nSPS) is 18.9. The van der Waals surface area contributed by atoms with Gasteiger partial charge in [-0.3, -0.25) is 9.69 Å². The third-order valence-electron chi connectivity index (χ3n) is 6.45. The number of carbonyl (C=O) groups is 2. The van der Waals surface area contributed by atoms with E-state index in [4.69, 9.17) is 33.7 Å². The Hall–Kier alpha value is -2.35. The lowest BCUT2D eigenvalue weighted by Gasteiger charge is -2.46. The fraction of sp³-hybridized carbons (Fsp3) is 0.391. The van der Waals surface area contributed by atoms with E-state index in [2.05, 4.69) is 4.90 Å². The average Bonchev–Trinajstić information content (AvgIpc) is 2.76. The minimum atomic E-state index is -0.843. The highest BCUT2D eigenvalue weighted by molar-refractivity contribution is 6.42. The number of nitrogens with two attached hydrogens (primary N) is 1. The van der Waals surface area contributed by atoms with E-state index in [0.29, 0.717) is 60.2 Å². The predicted molar refractivity (Wildman–Crippen MR) is 122 cm³/mol. The molecule has 2 aliphatic rings. The molecule has 0 aliphatic carbocycles. The zero-order chi connectivity index (χ0) is 23.0. The molecule has 4 rings (SSSR count). The second-order valence-corrected chi connectivity index (χ2v) is 9.16. The Bertz CT molecular complexity index is 1060. The van der Waals surface area contributed by atoms with Crippen LogP contribution in [0.25, 0.3) is 0 Å². The summed E-state index contributed by atoms with van der Waals surface area (Å²) in [6, 6.07) is 9.52. The van der Waals surface area contributed by atoms with E-state index in [1.54, 1.807) is 31.3 Å². The molecule has 0 bridgehead atoms. The van der Waals surface area contributed by atoms with Crippen LogP contribution in [-0.4, -0.2) is 43.6 Å². The predicted octanol–water partition coefficient (Wildman–Crippen LogP) is 4.67. The van der Waals surface area contributed by atoms with Crippen LogP contribution >= 0.6 is 23.2 Å². The van der Waals surface area contributed by atoms with Gasteiger partial charge in [-0.05, 0) is 48.9 Å². The van der Waals surface area contributed by atoms with Crippen LogP contribution in [0.5, 0.6) is 0 Å². The van der Waals surface area contributed by atoms with Gasteiger partial charge in [-0.25, -0.2) is 9.18 Å². The Balaban J connectivity index is 1.45. The maximum Gasteiger partial charge on any atom is 0.414 e. The number of hydrogen-bond donors (Lipinski definition) is 1. The quantitative estimate of drug-likeness (QED) is 0.675. The number of halogens is 3. The largest absolute Gasteiger partial charge is 0.437 e. The number of anilines is 1. The van der Waals surface area contributed by atoms with Crippen LogP contribution in [0.1, 0.15) is 36.3 Å². The number of primary amides is 1. The summed E-state index contributed by atoms with van der Waals surface area (Å²) in [5.74, 6) is -1.27. The van der Waals surface area contributed by atoms with Crippen LogP contribution in [0.3, 0.4) is 0 Å². The van der Waals surface area contributed by atoms with Gasteiger partial charge in [0.25, 0.3) is 0 Å². The maximum absolute atomic E-state index is 14.0. The van der Waals surface area contributed by atoms with Gasteiger partial charge in [-0.2, -0.15) is 0 Å². The molecule has 9 heteroatoms. The first kappa shape index (κ1) is 22.8. The third kappa shape index (κ3) is 4.29. The van der Waals surface area contributed by atoms with Crippen LogP contribution in [0.4, 0.5) is 14.9 Å². The van der Waals surface area contributed by atoms with Crippen molar-refractivity contribution in [2.24, 2.45) is 5.73 Å². The summed E-state index contributed by atoms with van der Waals surface area (Å²) in [6.07, 6.45) is 1.16. The summed E-state index contributed by atoms with van der Waals surface area (Å²) in [5, 5.41) is 0.801. The van der Waals surface area contributed by atoms with Gasteiger partial charge in [-0.1, -0.05) is 29.3 Å². The second-order valence-electron chi connectivity index (χ2n) is 8.34. The van der Waals surface area contributed by atoms with Crippen molar-refractivity contribution < 1.29 is 18.7 Å². The Morgan fingerprint density at radius 2 is 1.91 bits per heavy atom. The van der Waals surface area contributed by atoms with E-state index in [1.807, 2.05) is 0 Å². The fourth-order valence-corrected chi connectivity index (χ4v) is 4.88. The van der Waals surface area contributed by atoms with Gasteiger partial charge in [0, 0.05) is 38.5 Å². The molecule has 1 saturated heterocycles. The molecule has 2 aromatic rings. The molecule has 0 saturated carbocycles. The Morgan fingerprint density at radius 1 is 1.19 bits per heavy atom. The number of hydrogen-bond acceptors (Lipinski definition) is 4. The highest BCUT2D eigenvalue weighted by atomic mass is 35.5. The highest BCUT2D eigenvalue weighted by Gasteiger charge is 2.46. The van der Waals surface area contributed by atoms with Crippen LogP contribution in [0, 0.1) is 5.82 Å². The molecule has 1 atom stereocenters. The van der Waals surface area contributed by atoms with E-state index in [-0.39, 0.29) is 5.82 Å². The summed E-state index contributed by atoms with van der Waals surface area (Å²) in [5.41, 5.74) is 6.91. The molecule has 6 nitrogen and oxygen atoms in total. The number of nitrogens with zero attached hydrogens (tertiary/aromatic N) is 2. The van der Waals surface area contributed by atoms with Crippen LogP contribution < -0.4 is 10.6 Å². The molecular formula is C23H24Cl2FN3O3. The fourth-order valence-electron chi connectivity index (χ4n) is 4.58. The van der Waals surface area contributed by atoms with Crippen molar-refractivity contribution >= 4 is 40.9 Å². The van der Waals surface area contributed by atoms with E-state index < -0.39 is 23.5 Å².